The Kier molecular flexibility index (Phi) is 4.74. The standard InChI is InChI=1S/C12H17BrFN/c1-3-8(2)12(15)7-9-6-10(13)4-5-11(9)14/h4-6,8,12H,3,7,15H2,1-2H3. The fourth-order valence-electron chi connectivity index (χ4n) is 1.46. The quantitative estimate of drug-likeness (QED) is 0.893. The first-order valence-corrected chi connectivity index (χ1v) is 6.03. The van der Waals surface area contributed by atoms with E-state index in [1.165, 1.54) is 6.07 Å². The minimum atomic E-state index is -0.169. The van der Waals surface area contributed by atoms with Gasteiger partial charge in [0.25, 0.3) is 0 Å². The summed E-state index contributed by atoms with van der Waals surface area (Å²) in [7, 11) is 0. The molecule has 2 atom stereocenters. The minimum absolute atomic E-state index is 0.0267. The molecule has 2 N–H and O–H groups in total. The third-order valence-corrected chi connectivity index (χ3v) is 3.33. The highest BCUT2D eigenvalue weighted by atomic mass is 79.9. The normalized spacial score (nSPS) is 15.0. The topological polar surface area (TPSA) is 26.0 Å². The molecule has 15 heavy (non-hydrogen) atoms. The van der Waals surface area contributed by atoms with Gasteiger partial charge in [0.2, 0.25) is 0 Å². The van der Waals surface area contributed by atoms with Gasteiger partial charge in [-0.15, -0.1) is 0 Å². The van der Waals surface area contributed by atoms with Crippen LogP contribution in [0.1, 0.15) is 25.8 Å². The summed E-state index contributed by atoms with van der Waals surface area (Å²) < 4.78 is 14.3. The maximum absolute atomic E-state index is 13.4. The van der Waals surface area contributed by atoms with Gasteiger partial charge in [-0.1, -0.05) is 36.2 Å². The first-order chi connectivity index (χ1) is 7.04. The SMILES string of the molecule is CCC(C)C(N)Cc1cc(Br)ccc1F. The highest BCUT2D eigenvalue weighted by Crippen LogP contribution is 2.19. The lowest BCUT2D eigenvalue weighted by molar-refractivity contribution is 0.434. The van der Waals surface area contributed by atoms with Crippen molar-refractivity contribution < 1.29 is 4.39 Å². The summed E-state index contributed by atoms with van der Waals surface area (Å²) in [6, 6.07) is 5.01. The average molecular weight is 274 g/mol. The number of halogens is 2. The summed E-state index contributed by atoms with van der Waals surface area (Å²) in [5.41, 5.74) is 6.69. The molecule has 0 amide bonds. The van der Waals surface area contributed by atoms with Crippen LogP contribution in [0.4, 0.5) is 4.39 Å². The van der Waals surface area contributed by atoms with Crippen LogP contribution in [0.5, 0.6) is 0 Å². The molecule has 84 valence electrons. The molecule has 0 fully saturated rings. The van der Waals surface area contributed by atoms with Crippen LogP contribution >= 0.6 is 15.9 Å². The largest absolute Gasteiger partial charge is 0.327 e. The van der Waals surface area contributed by atoms with Crippen LogP contribution in [-0.2, 0) is 6.42 Å². The molecule has 0 aliphatic rings. The fraction of sp³-hybridized carbons (Fsp3) is 0.500. The van der Waals surface area contributed by atoms with E-state index in [9.17, 15) is 4.39 Å². The van der Waals surface area contributed by atoms with Gasteiger partial charge in [-0.2, -0.15) is 0 Å². The molecule has 1 aromatic carbocycles. The van der Waals surface area contributed by atoms with Gasteiger partial charge >= 0.3 is 0 Å². The van der Waals surface area contributed by atoms with Gasteiger partial charge in [-0.3, -0.25) is 0 Å². The third-order valence-electron chi connectivity index (χ3n) is 2.84. The van der Waals surface area contributed by atoms with Gasteiger partial charge in [0.15, 0.2) is 0 Å². The Morgan fingerprint density at radius 1 is 1.47 bits per heavy atom. The van der Waals surface area contributed by atoms with Crippen molar-refractivity contribution in [1.82, 2.24) is 0 Å². The molecular weight excluding hydrogens is 257 g/mol. The molecule has 1 nitrogen and oxygen atoms in total. The van der Waals surface area contributed by atoms with Crippen molar-refractivity contribution in [3.63, 3.8) is 0 Å². The van der Waals surface area contributed by atoms with Crippen LogP contribution in [-0.4, -0.2) is 6.04 Å². The van der Waals surface area contributed by atoms with Gasteiger partial charge in [-0.05, 0) is 36.1 Å². The van der Waals surface area contributed by atoms with E-state index in [1.54, 1.807) is 12.1 Å². The van der Waals surface area contributed by atoms with E-state index in [-0.39, 0.29) is 11.9 Å². The van der Waals surface area contributed by atoms with E-state index in [0.29, 0.717) is 17.9 Å². The van der Waals surface area contributed by atoms with Crippen LogP contribution in [0.15, 0.2) is 22.7 Å². The number of rotatable bonds is 4. The Bertz CT molecular complexity index is 327. The molecule has 0 heterocycles. The molecule has 3 heteroatoms. The predicted molar refractivity (Wildman–Crippen MR) is 65.2 cm³/mol. The molecule has 0 spiro atoms. The lowest BCUT2D eigenvalue weighted by Crippen LogP contribution is -2.30. The molecule has 0 saturated heterocycles. The number of hydrogen-bond donors (Lipinski definition) is 1. The first-order valence-electron chi connectivity index (χ1n) is 5.24. The number of hydrogen-bond acceptors (Lipinski definition) is 1. The maximum Gasteiger partial charge on any atom is 0.126 e. The van der Waals surface area contributed by atoms with Crippen molar-refractivity contribution in [2.75, 3.05) is 0 Å². The van der Waals surface area contributed by atoms with Crippen molar-refractivity contribution in [3.8, 4) is 0 Å². The van der Waals surface area contributed by atoms with Gasteiger partial charge < -0.3 is 5.73 Å². The Labute approximate surface area is 99.0 Å². The average Bonchev–Trinajstić information content (AvgIpc) is 2.22. The van der Waals surface area contributed by atoms with Gasteiger partial charge in [0, 0.05) is 10.5 Å². The minimum Gasteiger partial charge on any atom is -0.327 e. The van der Waals surface area contributed by atoms with Crippen molar-refractivity contribution >= 4 is 15.9 Å². The van der Waals surface area contributed by atoms with Crippen LogP contribution < -0.4 is 5.73 Å². The Morgan fingerprint density at radius 2 is 2.13 bits per heavy atom. The summed E-state index contributed by atoms with van der Waals surface area (Å²) >= 11 is 3.33. The summed E-state index contributed by atoms with van der Waals surface area (Å²) in [6.45, 7) is 4.20. The van der Waals surface area contributed by atoms with Crippen LogP contribution in [0.25, 0.3) is 0 Å². The summed E-state index contributed by atoms with van der Waals surface area (Å²) in [4.78, 5) is 0. The van der Waals surface area contributed by atoms with Crippen LogP contribution in [0, 0.1) is 11.7 Å². The lowest BCUT2D eigenvalue weighted by Gasteiger charge is -2.18. The highest BCUT2D eigenvalue weighted by molar-refractivity contribution is 9.10. The molecule has 1 rings (SSSR count). The monoisotopic (exact) mass is 273 g/mol. The Balaban J connectivity index is 2.75. The Hall–Kier alpha value is -0.410. The first kappa shape index (κ1) is 12.7. The molecule has 0 bridgehead atoms. The summed E-state index contributed by atoms with van der Waals surface area (Å²) in [6.07, 6.45) is 1.62. The van der Waals surface area contributed by atoms with E-state index in [2.05, 4.69) is 29.8 Å². The van der Waals surface area contributed by atoms with E-state index >= 15 is 0 Å². The third kappa shape index (κ3) is 3.58. The molecule has 0 aliphatic heterocycles. The van der Waals surface area contributed by atoms with E-state index in [4.69, 9.17) is 5.73 Å². The van der Waals surface area contributed by atoms with Gasteiger partial charge in [-0.25, -0.2) is 4.39 Å². The molecule has 0 saturated carbocycles. The predicted octanol–water partition coefficient (Wildman–Crippen LogP) is 3.50. The van der Waals surface area contributed by atoms with Gasteiger partial charge in [0.1, 0.15) is 5.82 Å². The number of benzene rings is 1. The summed E-state index contributed by atoms with van der Waals surface area (Å²) in [5.74, 6) is 0.250. The molecule has 0 radical (unpaired) electrons. The summed E-state index contributed by atoms with van der Waals surface area (Å²) in [5, 5.41) is 0. The molecular formula is C12H17BrFN. The fourth-order valence-corrected chi connectivity index (χ4v) is 1.87. The second-order valence-electron chi connectivity index (χ2n) is 3.99. The lowest BCUT2D eigenvalue weighted by atomic mass is 9.94. The van der Waals surface area contributed by atoms with Crippen molar-refractivity contribution in [2.24, 2.45) is 11.7 Å². The second kappa shape index (κ2) is 5.61. The van der Waals surface area contributed by atoms with Crippen molar-refractivity contribution in [3.05, 3.63) is 34.1 Å². The molecule has 0 aliphatic carbocycles. The molecule has 2 unspecified atom stereocenters. The van der Waals surface area contributed by atoms with Crippen LogP contribution in [0.3, 0.4) is 0 Å². The van der Waals surface area contributed by atoms with Crippen molar-refractivity contribution in [1.29, 1.82) is 0 Å². The zero-order valence-electron chi connectivity index (χ0n) is 9.13. The highest BCUT2D eigenvalue weighted by Gasteiger charge is 2.13. The van der Waals surface area contributed by atoms with E-state index in [0.717, 1.165) is 10.9 Å². The zero-order valence-corrected chi connectivity index (χ0v) is 10.7. The molecule has 1 aromatic rings. The van der Waals surface area contributed by atoms with E-state index in [1.807, 2.05) is 0 Å². The van der Waals surface area contributed by atoms with E-state index < -0.39 is 0 Å². The zero-order chi connectivity index (χ0) is 11.4. The Morgan fingerprint density at radius 3 is 2.73 bits per heavy atom. The van der Waals surface area contributed by atoms with Gasteiger partial charge in [0.05, 0.1) is 0 Å². The van der Waals surface area contributed by atoms with Crippen molar-refractivity contribution in [2.45, 2.75) is 32.7 Å². The number of nitrogens with two attached hydrogens (primary N) is 1. The molecule has 0 aromatic heterocycles. The van der Waals surface area contributed by atoms with Crippen LogP contribution in [0.2, 0.25) is 0 Å². The maximum atomic E-state index is 13.4. The second-order valence-corrected chi connectivity index (χ2v) is 4.90. The smallest absolute Gasteiger partial charge is 0.126 e.